The van der Waals surface area contributed by atoms with Gasteiger partial charge in [0.25, 0.3) is 6.02 Å². The van der Waals surface area contributed by atoms with Gasteiger partial charge in [-0.05, 0) is 32.7 Å². The molecule has 0 spiro atoms. The van der Waals surface area contributed by atoms with E-state index in [1.807, 2.05) is 20.8 Å². The maximum Gasteiger partial charge on any atom is 0.335 e. The molecule has 0 aromatic carbocycles. The van der Waals surface area contributed by atoms with E-state index in [0.717, 1.165) is 0 Å². The SMILES string of the molecule is COC(=N)NC(=O)N(SC)C(C)(C)C. The topological polar surface area (TPSA) is 65.4 Å². The molecule has 0 aromatic rings. The normalized spacial score (nSPS) is 10.6. The first kappa shape index (κ1) is 13.1. The van der Waals surface area contributed by atoms with Crippen LogP contribution in [0.15, 0.2) is 0 Å². The Morgan fingerprint density at radius 3 is 2.29 bits per heavy atom. The van der Waals surface area contributed by atoms with Gasteiger partial charge in [-0.1, -0.05) is 0 Å². The van der Waals surface area contributed by atoms with Crippen LogP contribution in [0, 0.1) is 5.41 Å². The number of amidine groups is 1. The van der Waals surface area contributed by atoms with Crippen LogP contribution in [0.1, 0.15) is 20.8 Å². The van der Waals surface area contributed by atoms with E-state index >= 15 is 0 Å². The molecule has 0 rings (SSSR count). The highest BCUT2D eigenvalue weighted by Crippen LogP contribution is 2.20. The first-order chi connectivity index (χ1) is 6.32. The van der Waals surface area contributed by atoms with Crippen LogP contribution in [0.2, 0.25) is 0 Å². The number of hydrogen-bond donors (Lipinski definition) is 2. The zero-order chi connectivity index (χ0) is 11.4. The number of carbonyl (C=O) groups excluding carboxylic acids is 1. The number of amides is 2. The predicted octanol–water partition coefficient (Wildman–Crippen LogP) is 1.66. The van der Waals surface area contributed by atoms with Crippen molar-refractivity contribution in [3.05, 3.63) is 0 Å². The monoisotopic (exact) mass is 219 g/mol. The second kappa shape index (κ2) is 5.09. The van der Waals surface area contributed by atoms with Crippen molar-refractivity contribution in [2.24, 2.45) is 0 Å². The van der Waals surface area contributed by atoms with E-state index in [0.29, 0.717) is 0 Å². The van der Waals surface area contributed by atoms with Gasteiger partial charge in [0.1, 0.15) is 0 Å². The second-order valence-corrected chi connectivity index (χ2v) is 4.34. The van der Waals surface area contributed by atoms with Gasteiger partial charge in [0.05, 0.1) is 7.11 Å². The van der Waals surface area contributed by atoms with Crippen molar-refractivity contribution in [2.45, 2.75) is 26.3 Å². The Morgan fingerprint density at radius 1 is 1.50 bits per heavy atom. The summed E-state index contributed by atoms with van der Waals surface area (Å²) in [4.78, 5) is 11.6. The van der Waals surface area contributed by atoms with E-state index in [1.165, 1.54) is 19.1 Å². The molecule has 0 saturated heterocycles. The molecular weight excluding hydrogens is 202 g/mol. The molecule has 82 valence electrons. The third-order valence-electron chi connectivity index (χ3n) is 1.40. The summed E-state index contributed by atoms with van der Waals surface area (Å²) in [5.41, 5.74) is -0.294. The first-order valence-corrected chi connectivity index (χ1v) is 5.29. The lowest BCUT2D eigenvalue weighted by molar-refractivity contribution is 0.204. The number of carbonyl (C=O) groups is 1. The molecule has 0 radical (unpaired) electrons. The smallest absolute Gasteiger partial charge is 0.335 e. The molecule has 2 amide bonds. The average Bonchev–Trinajstić information content (AvgIpc) is 2.02. The average molecular weight is 219 g/mol. The lowest BCUT2D eigenvalue weighted by Crippen LogP contribution is -2.47. The quantitative estimate of drug-likeness (QED) is 0.400. The van der Waals surface area contributed by atoms with E-state index in [1.54, 1.807) is 10.6 Å². The highest BCUT2D eigenvalue weighted by Gasteiger charge is 2.26. The van der Waals surface area contributed by atoms with Gasteiger partial charge in [-0.25, -0.2) is 4.79 Å². The lowest BCUT2D eigenvalue weighted by atomic mass is 10.1. The maximum atomic E-state index is 11.6. The van der Waals surface area contributed by atoms with Crippen molar-refractivity contribution in [1.29, 1.82) is 5.41 Å². The van der Waals surface area contributed by atoms with Crippen LogP contribution < -0.4 is 5.32 Å². The van der Waals surface area contributed by atoms with Gasteiger partial charge in [0.2, 0.25) is 0 Å². The van der Waals surface area contributed by atoms with Crippen molar-refractivity contribution in [3.8, 4) is 0 Å². The minimum absolute atomic E-state index is 0.252. The van der Waals surface area contributed by atoms with Crippen LogP contribution in [-0.2, 0) is 4.74 Å². The van der Waals surface area contributed by atoms with Gasteiger partial charge in [-0.2, -0.15) is 0 Å². The van der Waals surface area contributed by atoms with Gasteiger partial charge in [-0.3, -0.25) is 15.0 Å². The van der Waals surface area contributed by atoms with E-state index in [-0.39, 0.29) is 17.6 Å². The summed E-state index contributed by atoms with van der Waals surface area (Å²) < 4.78 is 6.09. The zero-order valence-electron chi connectivity index (χ0n) is 9.17. The lowest BCUT2D eigenvalue weighted by Gasteiger charge is -2.32. The molecule has 0 saturated carbocycles. The van der Waals surface area contributed by atoms with Crippen molar-refractivity contribution < 1.29 is 9.53 Å². The van der Waals surface area contributed by atoms with Gasteiger partial charge < -0.3 is 4.74 Å². The van der Waals surface area contributed by atoms with E-state index in [4.69, 9.17) is 5.41 Å². The summed E-state index contributed by atoms with van der Waals surface area (Å²) in [6.45, 7) is 5.75. The Balaban J connectivity index is 4.41. The van der Waals surface area contributed by atoms with Crippen LogP contribution in [-0.4, -0.2) is 35.3 Å². The fourth-order valence-corrected chi connectivity index (χ4v) is 1.62. The highest BCUT2D eigenvalue weighted by molar-refractivity contribution is 7.96. The van der Waals surface area contributed by atoms with Gasteiger partial charge in [-0.15, -0.1) is 0 Å². The Bertz CT molecular complexity index is 225. The number of rotatable bonds is 1. The molecule has 0 atom stereocenters. The van der Waals surface area contributed by atoms with Crippen LogP contribution >= 0.6 is 11.9 Å². The molecule has 2 N–H and O–H groups in total. The molecule has 0 aliphatic heterocycles. The third kappa shape index (κ3) is 3.87. The van der Waals surface area contributed by atoms with Gasteiger partial charge in [0, 0.05) is 11.8 Å². The molecule has 0 aliphatic carbocycles. The number of hydrogen-bond acceptors (Lipinski definition) is 4. The molecule has 0 heterocycles. The zero-order valence-corrected chi connectivity index (χ0v) is 9.99. The van der Waals surface area contributed by atoms with Crippen LogP contribution in [0.25, 0.3) is 0 Å². The number of nitrogens with one attached hydrogen (secondary N) is 2. The number of nitrogens with zero attached hydrogens (tertiary/aromatic N) is 1. The Kier molecular flexibility index (Phi) is 4.76. The predicted molar refractivity (Wildman–Crippen MR) is 58.4 cm³/mol. The van der Waals surface area contributed by atoms with Crippen molar-refractivity contribution >= 4 is 24.0 Å². The van der Waals surface area contributed by atoms with Crippen LogP contribution in [0.5, 0.6) is 0 Å². The molecule has 5 nitrogen and oxygen atoms in total. The van der Waals surface area contributed by atoms with Gasteiger partial charge in [0.15, 0.2) is 0 Å². The minimum atomic E-state index is -0.350. The molecular formula is C8H17N3O2S. The molecule has 0 bridgehead atoms. The van der Waals surface area contributed by atoms with Crippen molar-refractivity contribution in [2.75, 3.05) is 13.4 Å². The fraction of sp³-hybridized carbons (Fsp3) is 0.750. The minimum Gasteiger partial charge on any atom is -0.468 e. The summed E-state index contributed by atoms with van der Waals surface area (Å²) in [5, 5.41) is 9.47. The Labute approximate surface area is 88.8 Å². The Hall–Kier alpha value is -0.910. The summed E-state index contributed by atoms with van der Waals surface area (Å²) >= 11 is 1.31. The number of methoxy groups -OCH3 is 1. The molecule has 6 heteroatoms. The molecule has 0 fully saturated rings. The van der Waals surface area contributed by atoms with Gasteiger partial charge >= 0.3 is 6.03 Å². The number of ether oxygens (including phenoxy) is 1. The molecule has 0 aliphatic rings. The summed E-state index contributed by atoms with van der Waals surface area (Å²) in [6, 6.07) is -0.602. The Morgan fingerprint density at radius 2 is 2.00 bits per heavy atom. The third-order valence-corrected chi connectivity index (χ3v) is 2.48. The molecule has 14 heavy (non-hydrogen) atoms. The van der Waals surface area contributed by atoms with Crippen LogP contribution in [0.4, 0.5) is 4.79 Å². The standard InChI is InChI=1S/C8H17N3O2S/c1-8(2,3)11(14-5)7(12)10-6(9)13-4/h1-5H3,(H2,9,10,12). The molecule has 0 aromatic heterocycles. The summed E-state index contributed by atoms with van der Waals surface area (Å²) in [6.07, 6.45) is 1.81. The van der Waals surface area contributed by atoms with Crippen LogP contribution in [0.3, 0.4) is 0 Å². The molecule has 0 unspecified atom stereocenters. The van der Waals surface area contributed by atoms with E-state index < -0.39 is 0 Å². The number of urea groups is 1. The fourth-order valence-electron chi connectivity index (χ4n) is 0.860. The first-order valence-electron chi connectivity index (χ1n) is 4.10. The second-order valence-electron chi connectivity index (χ2n) is 3.61. The maximum absolute atomic E-state index is 11.6. The largest absolute Gasteiger partial charge is 0.468 e. The van der Waals surface area contributed by atoms with Crippen molar-refractivity contribution in [3.63, 3.8) is 0 Å². The van der Waals surface area contributed by atoms with E-state index in [9.17, 15) is 4.79 Å². The van der Waals surface area contributed by atoms with E-state index in [2.05, 4.69) is 10.1 Å². The highest BCUT2D eigenvalue weighted by atomic mass is 32.2. The van der Waals surface area contributed by atoms with Crippen molar-refractivity contribution in [1.82, 2.24) is 9.62 Å². The summed E-state index contributed by atoms with van der Waals surface area (Å²) in [7, 11) is 1.34. The summed E-state index contributed by atoms with van der Waals surface area (Å²) in [5.74, 6) is 0.